The Hall–Kier alpha value is -4.31. The predicted octanol–water partition coefficient (Wildman–Crippen LogP) is 6.46. The van der Waals surface area contributed by atoms with Gasteiger partial charge in [0.05, 0.1) is 17.7 Å². The number of hydrogen-bond donors (Lipinski definition) is 2. The van der Waals surface area contributed by atoms with Gasteiger partial charge in [-0.2, -0.15) is 0 Å². The maximum Gasteiger partial charge on any atom is 0.339 e. The fraction of sp³-hybridized carbons (Fsp3) is 0.172. The van der Waals surface area contributed by atoms with Gasteiger partial charge in [0.25, 0.3) is 0 Å². The summed E-state index contributed by atoms with van der Waals surface area (Å²) in [5.41, 5.74) is 0.751. The molecule has 10 heteroatoms. The van der Waals surface area contributed by atoms with Gasteiger partial charge in [0.2, 0.25) is 11.8 Å². The maximum atomic E-state index is 13.1. The van der Waals surface area contributed by atoms with Crippen LogP contribution in [0.5, 0.6) is 11.5 Å². The number of ether oxygens (including phenoxy) is 2. The smallest absolute Gasteiger partial charge is 0.339 e. The molecule has 8 nitrogen and oxygen atoms in total. The van der Waals surface area contributed by atoms with Crippen LogP contribution in [-0.2, 0) is 14.3 Å². The molecule has 0 atom stereocenters. The summed E-state index contributed by atoms with van der Waals surface area (Å²) < 4.78 is 24.9. The number of anilines is 2. The molecule has 0 bridgehead atoms. The lowest BCUT2D eigenvalue weighted by Gasteiger charge is -2.16. The van der Waals surface area contributed by atoms with E-state index in [2.05, 4.69) is 31.5 Å². The molecular weight excluding hydrogens is 569 g/mol. The van der Waals surface area contributed by atoms with Gasteiger partial charge in [0, 0.05) is 27.4 Å². The highest BCUT2D eigenvalue weighted by molar-refractivity contribution is 9.10. The van der Waals surface area contributed by atoms with Crippen LogP contribution in [0.25, 0.3) is 10.9 Å². The number of aromatic nitrogens is 1. The van der Waals surface area contributed by atoms with E-state index in [0.29, 0.717) is 56.7 Å². The Labute approximate surface area is 231 Å². The van der Waals surface area contributed by atoms with Gasteiger partial charge in [-0.25, -0.2) is 9.18 Å². The number of fused-ring (bicyclic) bond motifs is 1. The highest BCUT2D eigenvalue weighted by atomic mass is 79.9. The fourth-order valence-electron chi connectivity index (χ4n) is 4.05. The summed E-state index contributed by atoms with van der Waals surface area (Å²) in [6.07, 6.45) is 2.45. The van der Waals surface area contributed by atoms with Gasteiger partial charge >= 0.3 is 5.97 Å². The highest BCUT2D eigenvalue weighted by Gasteiger charge is 2.56. The first-order valence-electron chi connectivity index (χ1n) is 12.2. The minimum absolute atomic E-state index is 0.253. The molecule has 1 fully saturated rings. The van der Waals surface area contributed by atoms with Crippen molar-refractivity contribution in [2.24, 2.45) is 5.41 Å². The van der Waals surface area contributed by atoms with Gasteiger partial charge in [-0.15, -0.1) is 0 Å². The van der Waals surface area contributed by atoms with E-state index >= 15 is 0 Å². The molecule has 2 amide bonds. The molecule has 39 heavy (non-hydrogen) atoms. The van der Waals surface area contributed by atoms with Gasteiger partial charge in [-0.05, 0) is 102 Å². The van der Waals surface area contributed by atoms with Crippen molar-refractivity contribution in [3.05, 3.63) is 88.8 Å². The van der Waals surface area contributed by atoms with Gasteiger partial charge in [0.15, 0.2) is 0 Å². The standard InChI is InChI=1S/C29H23BrFN3O5/c1-2-38-26(35)21-15-22-24(16-23(21)30)32-14-11-25(22)39-20-9-7-19(8-10-20)34-28(37)29(12-13-29)27(36)33-18-5-3-17(31)4-6-18/h3-11,14-16H,2,12-13H2,1H3,(H,33,36)(H,34,37). The average molecular weight is 592 g/mol. The minimum atomic E-state index is -1.16. The van der Waals surface area contributed by atoms with Crippen LogP contribution in [0.1, 0.15) is 30.1 Å². The van der Waals surface area contributed by atoms with Crippen LogP contribution in [0.3, 0.4) is 0 Å². The van der Waals surface area contributed by atoms with Gasteiger partial charge in [-0.1, -0.05) is 0 Å². The number of halogens is 2. The zero-order valence-corrected chi connectivity index (χ0v) is 22.4. The zero-order valence-electron chi connectivity index (χ0n) is 20.8. The molecule has 1 aliphatic rings. The molecule has 0 radical (unpaired) electrons. The number of rotatable bonds is 8. The lowest BCUT2D eigenvalue weighted by atomic mass is 10.0. The predicted molar refractivity (Wildman–Crippen MR) is 147 cm³/mol. The molecule has 5 rings (SSSR count). The van der Waals surface area contributed by atoms with Crippen molar-refractivity contribution >= 4 is 56.0 Å². The second-order valence-corrected chi connectivity index (χ2v) is 9.86. The molecule has 2 N–H and O–H groups in total. The van der Waals surface area contributed by atoms with E-state index < -0.39 is 29.0 Å². The quantitative estimate of drug-likeness (QED) is 0.180. The third-order valence-electron chi connectivity index (χ3n) is 6.35. The number of nitrogens with one attached hydrogen (secondary N) is 2. The highest BCUT2D eigenvalue weighted by Crippen LogP contribution is 2.47. The van der Waals surface area contributed by atoms with Crippen molar-refractivity contribution in [1.82, 2.24) is 4.98 Å². The number of carbonyl (C=O) groups excluding carboxylic acids is 3. The largest absolute Gasteiger partial charge is 0.462 e. The first-order valence-corrected chi connectivity index (χ1v) is 13.0. The number of esters is 1. The van der Waals surface area contributed by atoms with E-state index in [1.807, 2.05) is 0 Å². The van der Waals surface area contributed by atoms with E-state index in [1.165, 1.54) is 24.3 Å². The third-order valence-corrected chi connectivity index (χ3v) is 7.00. The second kappa shape index (κ2) is 10.8. The maximum absolute atomic E-state index is 13.1. The molecule has 3 aromatic carbocycles. The van der Waals surface area contributed by atoms with Crippen molar-refractivity contribution in [2.75, 3.05) is 17.2 Å². The van der Waals surface area contributed by atoms with Crippen LogP contribution in [0.2, 0.25) is 0 Å². The summed E-state index contributed by atoms with van der Waals surface area (Å²) in [6, 6.07) is 17.2. The molecule has 0 unspecified atom stereocenters. The molecule has 1 heterocycles. The molecule has 1 aromatic heterocycles. The first kappa shape index (κ1) is 26.3. The normalized spacial score (nSPS) is 13.4. The van der Waals surface area contributed by atoms with Crippen LogP contribution in [0.4, 0.5) is 15.8 Å². The monoisotopic (exact) mass is 591 g/mol. The molecule has 198 valence electrons. The number of benzene rings is 3. The van der Waals surface area contributed by atoms with Crippen LogP contribution in [0.15, 0.2) is 77.4 Å². The Balaban J connectivity index is 1.28. The van der Waals surface area contributed by atoms with Crippen molar-refractivity contribution in [1.29, 1.82) is 0 Å². The average Bonchev–Trinajstić information content (AvgIpc) is 3.73. The molecule has 4 aromatic rings. The summed E-state index contributed by atoms with van der Waals surface area (Å²) in [4.78, 5) is 42.4. The van der Waals surface area contributed by atoms with Crippen molar-refractivity contribution in [3.8, 4) is 11.5 Å². The van der Waals surface area contributed by atoms with E-state index in [1.54, 1.807) is 55.6 Å². The summed E-state index contributed by atoms with van der Waals surface area (Å²) in [5, 5.41) is 6.11. The van der Waals surface area contributed by atoms with E-state index in [0.717, 1.165) is 0 Å². The topological polar surface area (TPSA) is 107 Å². The van der Waals surface area contributed by atoms with Crippen LogP contribution < -0.4 is 15.4 Å². The second-order valence-electron chi connectivity index (χ2n) is 9.00. The summed E-state index contributed by atoms with van der Waals surface area (Å²) in [5.74, 6) is -0.717. The Morgan fingerprint density at radius 3 is 2.15 bits per heavy atom. The first-order chi connectivity index (χ1) is 18.8. The SMILES string of the molecule is CCOC(=O)c1cc2c(Oc3ccc(NC(=O)C4(C(=O)Nc5ccc(F)cc5)CC4)cc3)ccnc2cc1Br. The Morgan fingerprint density at radius 2 is 1.56 bits per heavy atom. The van der Waals surface area contributed by atoms with Crippen molar-refractivity contribution in [2.45, 2.75) is 19.8 Å². The fourth-order valence-corrected chi connectivity index (χ4v) is 4.54. The Kier molecular flexibility index (Phi) is 7.30. The van der Waals surface area contributed by atoms with Crippen LogP contribution in [-0.4, -0.2) is 29.4 Å². The lowest BCUT2D eigenvalue weighted by Crippen LogP contribution is -2.35. The molecule has 0 saturated heterocycles. The molecule has 1 aliphatic carbocycles. The Bertz CT molecular complexity index is 1570. The third kappa shape index (κ3) is 5.61. The van der Waals surface area contributed by atoms with E-state index in [9.17, 15) is 18.8 Å². The number of amides is 2. The Morgan fingerprint density at radius 1 is 0.949 bits per heavy atom. The zero-order chi connectivity index (χ0) is 27.6. The number of hydrogen-bond acceptors (Lipinski definition) is 6. The van der Waals surface area contributed by atoms with Crippen molar-refractivity contribution in [3.63, 3.8) is 0 Å². The number of carbonyl (C=O) groups is 3. The van der Waals surface area contributed by atoms with Crippen LogP contribution in [0, 0.1) is 11.2 Å². The van der Waals surface area contributed by atoms with E-state index in [4.69, 9.17) is 9.47 Å². The molecule has 0 spiro atoms. The van der Waals surface area contributed by atoms with Crippen LogP contribution >= 0.6 is 15.9 Å². The number of pyridine rings is 1. The van der Waals surface area contributed by atoms with E-state index in [-0.39, 0.29) is 6.61 Å². The molecule has 1 saturated carbocycles. The minimum Gasteiger partial charge on any atom is -0.462 e. The summed E-state index contributed by atoms with van der Waals surface area (Å²) in [6.45, 7) is 1.99. The lowest BCUT2D eigenvalue weighted by molar-refractivity contribution is -0.131. The summed E-state index contributed by atoms with van der Waals surface area (Å²) in [7, 11) is 0. The number of nitrogens with zero attached hydrogens (tertiary/aromatic N) is 1. The molecular formula is C29H23BrFN3O5. The van der Waals surface area contributed by atoms with Gasteiger partial charge in [0.1, 0.15) is 22.7 Å². The molecule has 0 aliphatic heterocycles. The summed E-state index contributed by atoms with van der Waals surface area (Å²) >= 11 is 3.40. The van der Waals surface area contributed by atoms with Crippen molar-refractivity contribution < 1.29 is 28.2 Å². The van der Waals surface area contributed by atoms with Gasteiger partial charge in [-0.3, -0.25) is 14.6 Å². The van der Waals surface area contributed by atoms with Gasteiger partial charge < -0.3 is 20.1 Å².